The molecule has 0 bridgehead atoms. The number of fused-ring (bicyclic) bond motifs is 1. The van der Waals surface area contributed by atoms with Gasteiger partial charge in [0.1, 0.15) is 23.3 Å². The Morgan fingerprint density at radius 2 is 2.10 bits per heavy atom. The monoisotopic (exact) mass is 603 g/mol. The number of halogens is 2. The van der Waals surface area contributed by atoms with Crippen LogP contribution >= 0.6 is 22.9 Å². The number of nitrogens with zero attached hydrogens (tertiary/aromatic N) is 3. The fourth-order valence-electron chi connectivity index (χ4n) is 4.97. The number of aliphatic hydroxyl groups is 1. The van der Waals surface area contributed by atoms with Crippen molar-refractivity contribution in [3.8, 4) is 16.3 Å². The Kier molecular flexibility index (Phi) is 9.03. The summed E-state index contributed by atoms with van der Waals surface area (Å²) in [5.74, 6) is -0.571. The molecule has 3 aromatic rings. The summed E-state index contributed by atoms with van der Waals surface area (Å²) in [6.45, 7) is 2.88. The summed E-state index contributed by atoms with van der Waals surface area (Å²) in [6.07, 6.45) is 3.83. The third-order valence-corrected chi connectivity index (χ3v) is 8.77. The van der Waals surface area contributed by atoms with E-state index in [1.54, 1.807) is 25.3 Å². The van der Waals surface area contributed by atoms with Crippen LogP contribution in [0.1, 0.15) is 46.6 Å². The molecular formula is C28H31ClFN5O5S. The number of rotatable bonds is 9. The summed E-state index contributed by atoms with van der Waals surface area (Å²) < 4.78 is 24.5. The van der Waals surface area contributed by atoms with Gasteiger partial charge in [-0.1, -0.05) is 11.6 Å². The number of aliphatic hydroxyl groups excluding tert-OH is 1. The lowest BCUT2D eigenvalue weighted by molar-refractivity contribution is -0.126. The molecule has 0 radical (unpaired) electrons. The van der Waals surface area contributed by atoms with Gasteiger partial charge in [0.2, 0.25) is 11.9 Å². The number of carbonyl (C=O) groups excluding carboxylic acids is 2. The van der Waals surface area contributed by atoms with Crippen LogP contribution in [0.25, 0.3) is 10.6 Å². The molecular weight excluding hydrogens is 573 g/mol. The molecule has 41 heavy (non-hydrogen) atoms. The van der Waals surface area contributed by atoms with E-state index in [-0.39, 0.29) is 17.7 Å². The fraction of sp³-hybridized carbons (Fsp3) is 0.429. The molecule has 10 nitrogen and oxygen atoms in total. The van der Waals surface area contributed by atoms with Gasteiger partial charge in [0.15, 0.2) is 0 Å². The molecule has 0 unspecified atom stereocenters. The van der Waals surface area contributed by atoms with Crippen LogP contribution in [-0.4, -0.2) is 77.3 Å². The highest BCUT2D eigenvalue weighted by Gasteiger charge is 2.34. The van der Waals surface area contributed by atoms with Crippen molar-refractivity contribution in [1.29, 1.82) is 0 Å². The number of hydrogen-bond acceptors (Lipinski definition) is 9. The molecule has 2 aromatic heterocycles. The number of amides is 2. The van der Waals surface area contributed by atoms with Crippen LogP contribution < -0.4 is 15.4 Å². The molecule has 2 amide bonds. The van der Waals surface area contributed by atoms with Gasteiger partial charge in [0.25, 0.3) is 5.91 Å². The Morgan fingerprint density at radius 3 is 2.83 bits per heavy atom. The standard InChI is InChI=1S/C28H31ClFN5O5S/c1-15(26(37)33-22(14-36)16-9-17(30)11-19(10-16)39-2)35-6-3-23-20(27(35)38)12-24(41-23)25-21(29)13-31-28(34-25)32-18-4-7-40-8-5-18/h9-13,15,18,22,36H,3-8,14H2,1-2H3,(H,33,37)(H,31,32,34)/t15-,22-/m1/s1. The Morgan fingerprint density at radius 1 is 1.32 bits per heavy atom. The zero-order valence-corrected chi connectivity index (χ0v) is 24.2. The first kappa shape index (κ1) is 29.2. The molecule has 5 rings (SSSR count). The summed E-state index contributed by atoms with van der Waals surface area (Å²) in [4.78, 5) is 38.8. The predicted octanol–water partition coefficient (Wildman–Crippen LogP) is 3.83. The molecule has 1 aromatic carbocycles. The first-order chi connectivity index (χ1) is 19.8. The molecule has 0 aliphatic carbocycles. The van der Waals surface area contributed by atoms with Gasteiger partial charge >= 0.3 is 0 Å². The van der Waals surface area contributed by atoms with Crippen LogP contribution in [0, 0.1) is 5.82 Å². The number of ether oxygens (including phenoxy) is 2. The van der Waals surface area contributed by atoms with Crippen molar-refractivity contribution in [3.63, 3.8) is 0 Å². The van der Waals surface area contributed by atoms with Gasteiger partial charge in [0.05, 0.1) is 41.4 Å². The van der Waals surface area contributed by atoms with Crippen molar-refractivity contribution < 1.29 is 28.6 Å². The molecule has 3 N–H and O–H groups in total. The highest BCUT2D eigenvalue weighted by atomic mass is 35.5. The highest BCUT2D eigenvalue weighted by molar-refractivity contribution is 7.16. The summed E-state index contributed by atoms with van der Waals surface area (Å²) in [7, 11) is 1.40. The molecule has 0 spiro atoms. The van der Waals surface area contributed by atoms with Gasteiger partial charge in [-0.2, -0.15) is 0 Å². The van der Waals surface area contributed by atoms with Gasteiger partial charge in [-0.3, -0.25) is 9.59 Å². The van der Waals surface area contributed by atoms with Crippen LogP contribution in [0.2, 0.25) is 5.02 Å². The van der Waals surface area contributed by atoms with E-state index in [1.807, 2.05) is 0 Å². The van der Waals surface area contributed by atoms with Crippen LogP contribution in [0.3, 0.4) is 0 Å². The highest BCUT2D eigenvalue weighted by Crippen LogP contribution is 2.37. The SMILES string of the molecule is COc1cc(F)cc([C@@H](CO)NC(=O)[C@@H](C)N2CCc3sc(-c4nc(NC5CCOCC5)ncc4Cl)cc3C2=O)c1. The van der Waals surface area contributed by atoms with Crippen LogP contribution in [0.4, 0.5) is 10.3 Å². The smallest absolute Gasteiger partial charge is 0.255 e. The molecule has 0 saturated carbocycles. The van der Waals surface area contributed by atoms with Crippen LogP contribution in [0.5, 0.6) is 5.75 Å². The number of aromatic nitrogens is 2. The number of carbonyl (C=O) groups is 2. The molecule has 2 atom stereocenters. The van der Waals surface area contributed by atoms with Crippen molar-refractivity contribution in [2.24, 2.45) is 0 Å². The van der Waals surface area contributed by atoms with E-state index in [1.165, 1.54) is 35.5 Å². The summed E-state index contributed by atoms with van der Waals surface area (Å²) >= 11 is 7.92. The van der Waals surface area contributed by atoms with Crippen molar-refractivity contribution in [2.75, 3.05) is 38.8 Å². The van der Waals surface area contributed by atoms with Gasteiger partial charge in [-0.15, -0.1) is 11.3 Å². The first-order valence-corrected chi connectivity index (χ1v) is 14.5. The van der Waals surface area contributed by atoms with E-state index < -0.39 is 30.4 Å². The molecule has 218 valence electrons. The van der Waals surface area contributed by atoms with Gasteiger partial charge in [-0.25, -0.2) is 14.4 Å². The minimum atomic E-state index is -0.874. The Balaban J connectivity index is 1.30. The molecule has 1 saturated heterocycles. The molecule has 2 aliphatic rings. The molecule has 4 heterocycles. The van der Waals surface area contributed by atoms with E-state index in [9.17, 15) is 19.1 Å². The van der Waals surface area contributed by atoms with E-state index in [4.69, 9.17) is 21.1 Å². The van der Waals surface area contributed by atoms with Gasteiger partial charge < -0.3 is 30.1 Å². The number of thiophene rings is 1. The summed E-state index contributed by atoms with van der Waals surface area (Å²) in [5, 5.41) is 16.4. The second-order valence-electron chi connectivity index (χ2n) is 9.96. The second kappa shape index (κ2) is 12.7. The Labute approximate surface area is 245 Å². The van der Waals surface area contributed by atoms with E-state index in [0.29, 0.717) is 54.0 Å². The van der Waals surface area contributed by atoms with Crippen molar-refractivity contribution >= 4 is 40.7 Å². The number of hydrogen-bond donors (Lipinski definition) is 3. The maximum Gasteiger partial charge on any atom is 0.255 e. The molecule has 13 heteroatoms. The number of methoxy groups -OCH3 is 1. The van der Waals surface area contributed by atoms with Gasteiger partial charge in [-0.05, 0) is 43.5 Å². The number of anilines is 1. The second-order valence-corrected chi connectivity index (χ2v) is 11.5. The lowest BCUT2D eigenvalue weighted by atomic mass is 10.0. The quantitative estimate of drug-likeness (QED) is 0.337. The Bertz CT molecular complexity index is 1430. The predicted molar refractivity (Wildman–Crippen MR) is 153 cm³/mol. The average Bonchev–Trinajstić information content (AvgIpc) is 3.42. The lowest BCUT2D eigenvalue weighted by Gasteiger charge is -2.32. The number of benzene rings is 1. The lowest BCUT2D eigenvalue weighted by Crippen LogP contribution is -2.51. The summed E-state index contributed by atoms with van der Waals surface area (Å²) in [6, 6.07) is 4.25. The van der Waals surface area contributed by atoms with E-state index in [0.717, 1.165) is 22.6 Å². The van der Waals surface area contributed by atoms with Crippen molar-refractivity contribution in [2.45, 2.75) is 44.3 Å². The van der Waals surface area contributed by atoms with Crippen LogP contribution in [0.15, 0.2) is 30.5 Å². The summed E-state index contributed by atoms with van der Waals surface area (Å²) in [5.41, 5.74) is 1.39. The zero-order chi connectivity index (χ0) is 29.1. The maximum absolute atomic E-state index is 14.0. The fourth-order valence-corrected chi connectivity index (χ4v) is 6.36. The topological polar surface area (TPSA) is 126 Å². The van der Waals surface area contributed by atoms with Crippen molar-refractivity contribution in [3.05, 3.63) is 57.3 Å². The largest absolute Gasteiger partial charge is 0.497 e. The average molecular weight is 604 g/mol. The Hall–Kier alpha value is -3.32. The molecule has 2 aliphatic heterocycles. The molecule has 1 fully saturated rings. The third kappa shape index (κ3) is 6.45. The zero-order valence-electron chi connectivity index (χ0n) is 22.7. The van der Waals surface area contributed by atoms with E-state index in [2.05, 4.69) is 20.6 Å². The minimum Gasteiger partial charge on any atom is -0.497 e. The van der Waals surface area contributed by atoms with E-state index >= 15 is 0 Å². The van der Waals surface area contributed by atoms with Crippen molar-refractivity contribution in [1.82, 2.24) is 20.2 Å². The minimum absolute atomic E-state index is 0.213. The third-order valence-electron chi connectivity index (χ3n) is 7.29. The van der Waals surface area contributed by atoms with Gasteiger partial charge in [0, 0.05) is 43.2 Å². The maximum atomic E-state index is 14.0. The number of nitrogens with one attached hydrogen (secondary N) is 2. The van der Waals surface area contributed by atoms with Crippen LogP contribution in [-0.2, 0) is 16.0 Å². The normalized spacial score (nSPS) is 17.1. The first-order valence-electron chi connectivity index (χ1n) is 13.3.